The van der Waals surface area contributed by atoms with Gasteiger partial charge in [0.15, 0.2) is 0 Å². The van der Waals surface area contributed by atoms with Gasteiger partial charge in [0, 0.05) is 19.0 Å². The molecule has 0 saturated carbocycles. The number of nitrogens with two attached hydrogens (primary N) is 1. The molecule has 0 aromatic carbocycles. The van der Waals surface area contributed by atoms with Crippen molar-refractivity contribution in [3.8, 4) is 0 Å². The average Bonchev–Trinajstić information content (AvgIpc) is 2.28. The van der Waals surface area contributed by atoms with Crippen molar-refractivity contribution in [3.63, 3.8) is 0 Å². The molecule has 0 bridgehead atoms. The van der Waals surface area contributed by atoms with Gasteiger partial charge in [0.2, 0.25) is 5.91 Å². The minimum absolute atomic E-state index is 0.0632. The smallest absolute Gasteiger partial charge is 0.242 e. The number of amides is 1. The first-order chi connectivity index (χ1) is 8.56. The lowest BCUT2D eigenvalue weighted by molar-refractivity contribution is -0.121. The van der Waals surface area contributed by atoms with E-state index >= 15 is 0 Å². The van der Waals surface area contributed by atoms with E-state index in [1.165, 1.54) is 0 Å². The minimum Gasteiger partial charge on any atom is -0.384 e. The summed E-state index contributed by atoms with van der Waals surface area (Å²) in [5.74, 6) is 1.64. The number of nitrogen functional groups attached to an aromatic ring is 1. The molecule has 1 heterocycles. The topological polar surface area (TPSA) is 92.9 Å². The summed E-state index contributed by atoms with van der Waals surface area (Å²) in [7, 11) is 0. The van der Waals surface area contributed by atoms with Crippen molar-refractivity contribution in [2.75, 3.05) is 17.6 Å². The largest absolute Gasteiger partial charge is 0.384 e. The van der Waals surface area contributed by atoms with E-state index in [1.54, 1.807) is 13.0 Å². The molecule has 1 aromatic rings. The van der Waals surface area contributed by atoms with Crippen LogP contribution in [0.3, 0.4) is 0 Å². The van der Waals surface area contributed by atoms with Crippen LogP contribution in [0, 0.1) is 0 Å². The molecule has 1 amide bonds. The molecule has 6 heteroatoms. The highest BCUT2D eigenvalue weighted by atomic mass is 16.2. The van der Waals surface area contributed by atoms with Crippen LogP contribution in [0.25, 0.3) is 0 Å². The number of rotatable bonds is 6. The van der Waals surface area contributed by atoms with Crippen LogP contribution in [0.5, 0.6) is 0 Å². The monoisotopic (exact) mass is 251 g/mol. The normalized spacial score (nSPS) is 11.9. The summed E-state index contributed by atoms with van der Waals surface area (Å²) in [5.41, 5.74) is 5.71. The van der Waals surface area contributed by atoms with Gasteiger partial charge >= 0.3 is 0 Å². The molecular formula is C12H21N5O. The van der Waals surface area contributed by atoms with Crippen LogP contribution in [0.2, 0.25) is 0 Å². The lowest BCUT2D eigenvalue weighted by Crippen LogP contribution is -2.37. The van der Waals surface area contributed by atoms with Gasteiger partial charge in [-0.1, -0.05) is 6.92 Å². The highest BCUT2D eigenvalue weighted by molar-refractivity contribution is 5.83. The first-order valence-corrected chi connectivity index (χ1v) is 6.24. The van der Waals surface area contributed by atoms with Gasteiger partial charge in [0.1, 0.15) is 23.5 Å². The second-order valence-corrected chi connectivity index (χ2v) is 4.10. The molecule has 0 saturated heterocycles. The molecule has 100 valence electrons. The van der Waals surface area contributed by atoms with Crippen LogP contribution in [-0.2, 0) is 11.2 Å². The first-order valence-electron chi connectivity index (χ1n) is 6.24. The Kier molecular flexibility index (Phi) is 5.35. The van der Waals surface area contributed by atoms with Gasteiger partial charge < -0.3 is 16.4 Å². The SMILES string of the molecule is CCCc1nc(N)cc(NC(C)C(=O)NCC)n1. The molecule has 1 atom stereocenters. The lowest BCUT2D eigenvalue weighted by atomic mass is 10.3. The number of aromatic nitrogens is 2. The first kappa shape index (κ1) is 14.2. The maximum atomic E-state index is 11.6. The van der Waals surface area contributed by atoms with Gasteiger partial charge in [0.25, 0.3) is 0 Å². The van der Waals surface area contributed by atoms with E-state index in [1.807, 2.05) is 6.92 Å². The fraction of sp³-hybridized carbons (Fsp3) is 0.583. The predicted octanol–water partition coefficient (Wildman–Crippen LogP) is 0.948. The number of anilines is 2. The van der Waals surface area contributed by atoms with Crippen molar-refractivity contribution in [1.29, 1.82) is 0 Å². The molecule has 0 aliphatic heterocycles. The number of nitrogens with one attached hydrogen (secondary N) is 2. The number of nitrogens with zero attached hydrogens (tertiary/aromatic N) is 2. The Morgan fingerprint density at radius 2 is 2.17 bits per heavy atom. The van der Waals surface area contributed by atoms with Crippen LogP contribution in [0.1, 0.15) is 33.0 Å². The summed E-state index contributed by atoms with van der Waals surface area (Å²) in [5, 5.41) is 5.77. The maximum Gasteiger partial charge on any atom is 0.242 e. The quantitative estimate of drug-likeness (QED) is 0.700. The number of likely N-dealkylation sites (N-methyl/N-ethyl adjacent to an activating group) is 1. The molecule has 0 aliphatic carbocycles. The zero-order valence-corrected chi connectivity index (χ0v) is 11.2. The molecule has 0 spiro atoms. The van der Waals surface area contributed by atoms with Crippen LogP contribution in [0.15, 0.2) is 6.07 Å². The Balaban J connectivity index is 2.74. The van der Waals surface area contributed by atoms with E-state index in [-0.39, 0.29) is 11.9 Å². The van der Waals surface area contributed by atoms with Crippen molar-refractivity contribution in [2.45, 2.75) is 39.7 Å². The third kappa shape index (κ3) is 4.20. The van der Waals surface area contributed by atoms with Crippen LogP contribution in [0.4, 0.5) is 11.6 Å². The van der Waals surface area contributed by atoms with E-state index in [2.05, 4.69) is 27.5 Å². The van der Waals surface area contributed by atoms with Crippen molar-refractivity contribution in [1.82, 2.24) is 15.3 Å². The average molecular weight is 251 g/mol. The molecule has 1 unspecified atom stereocenters. The van der Waals surface area contributed by atoms with E-state index in [4.69, 9.17) is 5.73 Å². The molecule has 18 heavy (non-hydrogen) atoms. The molecule has 4 N–H and O–H groups in total. The van der Waals surface area contributed by atoms with Crippen LogP contribution < -0.4 is 16.4 Å². The fourth-order valence-electron chi connectivity index (χ4n) is 1.54. The Bertz CT molecular complexity index is 407. The Hall–Kier alpha value is -1.85. The summed E-state index contributed by atoms with van der Waals surface area (Å²) in [6.45, 7) is 6.32. The summed E-state index contributed by atoms with van der Waals surface area (Å²) in [6, 6.07) is 1.28. The van der Waals surface area contributed by atoms with Gasteiger partial charge in [-0.2, -0.15) is 0 Å². The number of hydrogen-bond donors (Lipinski definition) is 3. The fourth-order valence-corrected chi connectivity index (χ4v) is 1.54. The molecule has 1 aromatic heterocycles. The standard InChI is InChI=1S/C12H21N5O/c1-4-6-10-16-9(13)7-11(17-10)15-8(3)12(18)14-5-2/h7-8H,4-6H2,1-3H3,(H,14,18)(H3,13,15,16,17). The summed E-state index contributed by atoms with van der Waals surface area (Å²) in [6.07, 6.45) is 1.73. The molecule has 0 fully saturated rings. The number of carbonyl (C=O) groups excluding carboxylic acids is 1. The van der Waals surface area contributed by atoms with Crippen molar-refractivity contribution in [3.05, 3.63) is 11.9 Å². The summed E-state index contributed by atoms with van der Waals surface area (Å²) >= 11 is 0. The number of hydrogen-bond acceptors (Lipinski definition) is 5. The number of aryl methyl sites for hydroxylation is 1. The lowest BCUT2D eigenvalue weighted by Gasteiger charge is -2.14. The van der Waals surface area contributed by atoms with Crippen molar-refractivity contribution < 1.29 is 4.79 Å². The van der Waals surface area contributed by atoms with Crippen LogP contribution >= 0.6 is 0 Å². The highest BCUT2D eigenvalue weighted by Crippen LogP contribution is 2.10. The maximum absolute atomic E-state index is 11.6. The second kappa shape index (κ2) is 6.78. The number of carbonyl (C=O) groups is 1. The molecule has 0 aliphatic rings. The third-order valence-corrected chi connectivity index (χ3v) is 2.37. The summed E-state index contributed by atoms with van der Waals surface area (Å²) in [4.78, 5) is 20.1. The van der Waals surface area contributed by atoms with E-state index in [9.17, 15) is 4.79 Å². The Morgan fingerprint density at radius 1 is 1.44 bits per heavy atom. The van der Waals surface area contributed by atoms with Gasteiger partial charge in [-0.25, -0.2) is 9.97 Å². The van der Waals surface area contributed by atoms with Gasteiger partial charge in [-0.3, -0.25) is 4.79 Å². The summed E-state index contributed by atoms with van der Waals surface area (Å²) < 4.78 is 0. The van der Waals surface area contributed by atoms with E-state index < -0.39 is 0 Å². The molecule has 6 nitrogen and oxygen atoms in total. The van der Waals surface area contributed by atoms with Gasteiger partial charge in [-0.15, -0.1) is 0 Å². The minimum atomic E-state index is -0.353. The Labute approximate surface area is 107 Å². The molecule has 0 radical (unpaired) electrons. The predicted molar refractivity (Wildman–Crippen MR) is 72.2 cm³/mol. The van der Waals surface area contributed by atoms with Gasteiger partial charge in [0.05, 0.1) is 0 Å². The van der Waals surface area contributed by atoms with E-state index in [0.717, 1.165) is 12.8 Å². The second-order valence-electron chi connectivity index (χ2n) is 4.10. The van der Waals surface area contributed by atoms with Crippen molar-refractivity contribution >= 4 is 17.5 Å². The molecule has 1 rings (SSSR count). The van der Waals surface area contributed by atoms with Gasteiger partial charge in [-0.05, 0) is 20.3 Å². The van der Waals surface area contributed by atoms with Crippen LogP contribution in [-0.4, -0.2) is 28.5 Å². The van der Waals surface area contributed by atoms with E-state index in [0.29, 0.717) is 24.0 Å². The van der Waals surface area contributed by atoms with Crippen molar-refractivity contribution in [2.24, 2.45) is 0 Å². The zero-order valence-electron chi connectivity index (χ0n) is 11.2. The zero-order chi connectivity index (χ0) is 13.5. The Morgan fingerprint density at radius 3 is 2.78 bits per heavy atom. The molecular weight excluding hydrogens is 230 g/mol. The third-order valence-electron chi connectivity index (χ3n) is 2.37. The highest BCUT2D eigenvalue weighted by Gasteiger charge is 2.12.